The van der Waals surface area contributed by atoms with Crippen molar-refractivity contribution in [2.45, 2.75) is 6.92 Å². The summed E-state index contributed by atoms with van der Waals surface area (Å²) in [5, 5.41) is 3.24. The van der Waals surface area contributed by atoms with E-state index in [2.05, 4.69) is 27.2 Å². The number of piperazine rings is 1. The van der Waals surface area contributed by atoms with Crippen molar-refractivity contribution in [1.29, 1.82) is 0 Å². The van der Waals surface area contributed by atoms with Crippen LogP contribution < -0.4 is 5.32 Å². The minimum absolute atomic E-state index is 0.0750. The number of pyridine rings is 1. The van der Waals surface area contributed by atoms with Gasteiger partial charge in [0, 0.05) is 49.8 Å². The Morgan fingerprint density at radius 3 is 2.53 bits per heavy atom. The van der Waals surface area contributed by atoms with Crippen LogP contribution in [0.3, 0.4) is 0 Å². The summed E-state index contributed by atoms with van der Waals surface area (Å²) in [6, 6.07) is 15.3. The molecule has 8 heteroatoms. The van der Waals surface area contributed by atoms with Gasteiger partial charge in [-0.3, -0.25) is 9.20 Å². The molecule has 5 rings (SSSR count). The lowest BCUT2D eigenvalue weighted by atomic mass is 10.1. The second-order valence-electron chi connectivity index (χ2n) is 8.04. The van der Waals surface area contributed by atoms with Crippen molar-refractivity contribution in [3.63, 3.8) is 0 Å². The second kappa shape index (κ2) is 8.39. The first kappa shape index (κ1) is 20.1. The van der Waals surface area contributed by atoms with Crippen LogP contribution >= 0.6 is 0 Å². The molecule has 4 aromatic rings. The number of amides is 1. The number of hydrogen-bond acceptors (Lipinski definition) is 6. The van der Waals surface area contributed by atoms with Crippen molar-refractivity contribution in [2.24, 2.45) is 0 Å². The van der Waals surface area contributed by atoms with Crippen LogP contribution in [-0.4, -0.2) is 68.3 Å². The summed E-state index contributed by atoms with van der Waals surface area (Å²) in [6.45, 7) is 5.32. The van der Waals surface area contributed by atoms with Crippen molar-refractivity contribution in [3.05, 3.63) is 72.2 Å². The molecule has 3 aromatic heterocycles. The number of fused-ring (bicyclic) bond motifs is 1. The van der Waals surface area contributed by atoms with E-state index in [0.29, 0.717) is 11.5 Å². The SMILES string of the molecule is Cc1nc2ccccn2c1-c1ccnc(Nc2ccc(C(=O)N3CCN(C)CC3)cc2)n1. The van der Waals surface area contributed by atoms with Gasteiger partial charge in [0.1, 0.15) is 5.65 Å². The van der Waals surface area contributed by atoms with Gasteiger partial charge in [-0.2, -0.15) is 0 Å². The molecule has 4 heterocycles. The van der Waals surface area contributed by atoms with E-state index in [1.807, 2.05) is 71.0 Å². The quantitative estimate of drug-likeness (QED) is 0.539. The maximum absolute atomic E-state index is 12.7. The number of benzene rings is 1. The molecule has 8 nitrogen and oxygen atoms in total. The van der Waals surface area contributed by atoms with Gasteiger partial charge in [-0.25, -0.2) is 15.0 Å². The van der Waals surface area contributed by atoms with Crippen LogP contribution in [0.1, 0.15) is 16.1 Å². The van der Waals surface area contributed by atoms with E-state index in [0.717, 1.165) is 54.6 Å². The van der Waals surface area contributed by atoms with Crippen LogP contribution in [0.15, 0.2) is 60.9 Å². The molecule has 0 saturated carbocycles. The number of nitrogens with zero attached hydrogens (tertiary/aromatic N) is 6. The third kappa shape index (κ3) is 3.92. The minimum atomic E-state index is 0.0750. The zero-order valence-electron chi connectivity index (χ0n) is 18.2. The fourth-order valence-electron chi connectivity index (χ4n) is 3.99. The zero-order chi connectivity index (χ0) is 22.1. The molecular formula is C24H25N7O. The normalized spacial score (nSPS) is 14.6. The molecule has 1 aromatic carbocycles. The molecule has 0 bridgehead atoms. The van der Waals surface area contributed by atoms with Gasteiger partial charge in [0.2, 0.25) is 5.95 Å². The molecule has 162 valence electrons. The molecule has 0 radical (unpaired) electrons. The highest BCUT2D eigenvalue weighted by molar-refractivity contribution is 5.94. The molecular weight excluding hydrogens is 402 g/mol. The zero-order valence-corrected chi connectivity index (χ0v) is 18.2. The second-order valence-corrected chi connectivity index (χ2v) is 8.04. The van der Waals surface area contributed by atoms with E-state index < -0.39 is 0 Å². The average Bonchev–Trinajstić information content (AvgIpc) is 3.15. The van der Waals surface area contributed by atoms with Crippen molar-refractivity contribution in [3.8, 4) is 11.4 Å². The van der Waals surface area contributed by atoms with Gasteiger partial charge in [0.15, 0.2) is 0 Å². The highest BCUT2D eigenvalue weighted by Crippen LogP contribution is 2.24. The maximum Gasteiger partial charge on any atom is 0.253 e. The highest BCUT2D eigenvalue weighted by Gasteiger charge is 2.20. The van der Waals surface area contributed by atoms with Crippen LogP contribution in [0.4, 0.5) is 11.6 Å². The smallest absolute Gasteiger partial charge is 0.253 e. The third-order valence-corrected chi connectivity index (χ3v) is 5.78. The monoisotopic (exact) mass is 427 g/mol. The molecule has 0 spiro atoms. The van der Waals surface area contributed by atoms with Crippen molar-refractivity contribution in [1.82, 2.24) is 29.2 Å². The first-order valence-corrected chi connectivity index (χ1v) is 10.7. The number of aryl methyl sites for hydroxylation is 1. The number of aromatic nitrogens is 4. The molecule has 0 atom stereocenters. The van der Waals surface area contributed by atoms with Gasteiger partial charge in [-0.15, -0.1) is 0 Å². The van der Waals surface area contributed by atoms with Gasteiger partial charge in [-0.05, 0) is 56.4 Å². The van der Waals surface area contributed by atoms with Crippen LogP contribution in [0.5, 0.6) is 0 Å². The third-order valence-electron chi connectivity index (χ3n) is 5.78. The fraction of sp³-hybridized carbons (Fsp3) is 0.250. The van der Waals surface area contributed by atoms with E-state index in [9.17, 15) is 4.79 Å². The Kier molecular flexibility index (Phi) is 5.28. The largest absolute Gasteiger partial charge is 0.336 e. The molecule has 1 fully saturated rings. The maximum atomic E-state index is 12.7. The summed E-state index contributed by atoms with van der Waals surface area (Å²) < 4.78 is 2.03. The summed E-state index contributed by atoms with van der Waals surface area (Å²) in [6.07, 6.45) is 3.72. The summed E-state index contributed by atoms with van der Waals surface area (Å²) >= 11 is 0. The topological polar surface area (TPSA) is 78.7 Å². The number of hydrogen-bond donors (Lipinski definition) is 1. The van der Waals surface area contributed by atoms with Crippen LogP contribution in [0, 0.1) is 6.92 Å². The number of rotatable bonds is 4. The Bertz CT molecular complexity index is 1260. The fourth-order valence-corrected chi connectivity index (χ4v) is 3.99. The predicted octanol–water partition coefficient (Wildman–Crippen LogP) is 3.23. The lowest BCUT2D eigenvalue weighted by Crippen LogP contribution is -2.47. The summed E-state index contributed by atoms with van der Waals surface area (Å²) in [5.74, 6) is 0.567. The summed E-state index contributed by atoms with van der Waals surface area (Å²) in [4.78, 5) is 30.6. The van der Waals surface area contributed by atoms with Crippen LogP contribution in [0.2, 0.25) is 0 Å². The number of nitrogens with one attached hydrogen (secondary N) is 1. The van der Waals surface area contributed by atoms with Crippen LogP contribution in [-0.2, 0) is 0 Å². The van der Waals surface area contributed by atoms with Gasteiger partial charge < -0.3 is 15.1 Å². The molecule has 1 aliphatic heterocycles. The molecule has 1 saturated heterocycles. The van der Waals surface area contributed by atoms with Gasteiger partial charge >= 0.3 is 0 Å². The van der Waals surface area contributed by atoms with Gasteiger partial charge in [-0.1, -0.05) is 6.07 Å². The van der Waals surface area contributed by atoms with Gasteiger partial charge in [0.25, 0.3) is 5.91 Å². The van der Waals surface area contributed by atoms with E-state index in [1.54, 1.807) is 6.20 Å². The van der Waals surface area contributed by atoms with E-state index in [1.165, 1.54) is 0 Å². The number of likely N-dealkylation sites (N-methyl/N-ethyl adjacent to an activating group) is 1. The molecule has 1 aliphatic rings. The first-order valence-electron chi connectivity index (χ1n) is 10.7. The van der Waals surface area contributed by atoms with Crippen LogP contribution in [0.25, 0.3) is 17.0 Å². The summed E-state index contributed by atoms with van der Waals surface area (Å²) in [5.41, 5.74) is 5.05. The van der Waals surface area contributed by atoms with E-state index >= 15 is 0 Å². The Hall–Kier alpha value is -3.78. The number of carbonyl (C=O) groups excluding carboxylic acids is 1. The summed E-state index contributed by atoms with van der Waals surface area (Å²) in [7, 11) is 2.08. The van der Waals surface area contributed by atoms with Crippen molar-refractivity contribution < 1.29 is 4.79 Å². The van der Waals surface area contributed by atoms with Gasteiger partial charge in [0.05, 0.1) is 17.1 Å². The Labute approximate surface area is 186 Å². The Morgan fingerprint density at radius 2 is 1.75 bits per heavy atom. The van der Waals surface area contributed by atoms with Crippen molar-refractivity contribution in [2.75, 3.05) is 38.5 Å². The standard InChI is InChI=1S/C24H25N7O/c1-17-22(31-12-4-3-5-21(31)26-17)20-10-11-25-24(28-20)27-19-8-6-18(7-9-19)23(32)30-15-13-29(2)14-16-30/h3-12H,13-16H2,1-2H3,(H,25,27,28). The lowest BCUT2D eigenvalue weighted by molar-refractivity contribution is 0.0664. The minimum Gasteiger partial charge on any atom is -0.336 e. The van der Waals surface area contributed by atoms with Crippen molar-refractivity contribution >= 4 is 23.2 Å². The predicted molar refractivity (Wildman–Crippen MR) is 124 cm³/mol. The van der Waals surface area contributed by atoms with E-state index in [4.69, 9.17) is 4.98 Å². The molecule has 1 amide bonds. The number of imidazole rings is 1. The lowest BCUT2D eigenvalue weighted by Gasteiger charge is -2.32. The van der Waals surface area contributed by atoms with E-state index in [-0.39, 0.29) is 5.91 Å². The Morgan fingerprint density at radius 1 is 0.969 bits per heavy atom. The number of anilines is 2. The average molecular weight is 428 g/mol. The Balaban J connectivity index is 1.34. The first-order chi connectivity index (χ1) is 15.6. The molecule has 32 heavy (non-hydrogen) atoms. The highest BCUT2D eigenvalue weighted by atomic mass is 16.2. The molecule has 1 N–H and O–H groups in total. The number of carbonyl (C=O) groups is 1. The molecule has 0 aliphatic carbocycles. The molecule has 0 unspecified atom stereocenters.